The molecule has 0 spiro atoms. The van der Waals surface area contributed by atoms with Gasteiger partial charge in [0.1, 0.15) is 11.7 Å². The monoisotopic (exact) mass is 303 g/mol. The zero-order chi connectivity index (χ0) is 15.1. The highest BCUT2D eigenvalue weighted by Crippen LogP contribution is 2.38. The highest BCUT2D eigenvalue weighted by molar-refractivity contribution is 6.32. The summed E-state index contributed by atoms with van der Waals surface area (Å²) < 4.78 is 6.03. The molecule has 0 atom stereocenters. The molecule has 22 heavy (non-hydrogen) atoms. The van der Waals surface area contributed by atoms with Crippen molar-refractivity contribution in [2.75, 3.05) is 0 Å². The first kappa shape index (κ1) is 12.9. The van der Waals surface area contributed by atoms with E-state index < -0.39 is 0 Å². The van der Waals surface area contributed by atoms with Crippen LogP contribution in [0.4, 0.5) is 0 Å². The third-order valence-electron chi connectivity index (χ3n) is 3.77. The molecule has 0 aliphatic carbocycles. The van der Waals surface area contributed by atoms with Crippen molar-refractivity contribution < 1.29 is 4.42 Å². The minimum Gasteiger partial charge on any atom is -0.454 e. The third-order valence-corrected chi connectivity index (χ3v) is 3.99. The number of hydrogen-bond donors (Lipinski definition) is 0. The summed E-state index contributed by atoms with van der Waals surface area (Å²) in [5.41, 5.74) is 3.91. The lowest BCUT2D eigenvalue weighted by atomic mass is 10.0. The van der Waals surface area contributed by atoms with Crippen molar-refractivity contribution in [3.05, 3.63) is 71.2 Å². The Hall–Kier alpha value is -2.76. The van der Waals surface area contributed by atoms with Crippen molar-refractivity contribution in [2.24, 2.45) is 0 Å². The van der Waals surface area contributed by atoms with Gasteiger partial charge in [0.05, 0.1) is 5.56 Å². The average molecular weight is 304 g/mol. The van der Waals surface area contributed by atoms with Gasteiger partial charge in [0.2, 0.25) is 0 Å². The third kappa shape index (κ3) is 1.88. The molecule has 0 saturated carbocycles. The van der Waals surface area contributed by atoms with E-state index in [0.29, 0.717) is 16.2 Å². The van der Waals surface area contributed by atoms with Gasteiger partial charge in [-0.2, -0.15) is 5.26 Å². The molecule has 0 N–H and O–H groups in total. The summed E-state index contributed by atoms with van der Waals surface area (Å²) in [5.74, 6) is 0. The minimum atomic E-state index is 0.456. The maximum absolute atomic E-state index is 9.30. The molecule has 2 nitrogen and oxygen atoms in total. The number of benzene rings is 3. The van der Waals surface area contributed by atoms with E-state index in [-0.39, 0.29) is 0 Å². The Morgan fingerprint density at radius 2 is 1.68 bits per heavy atom. The van der Waals surface area contributed by atoms with Crippen LogP contribution in [0.5, 0.6) is 0 Å². The fraction of sp³-hybridized carbons (Fsp3) is 0. The Bertz CT molecular complexity index is 1040. The summed E-state index contributed by atoms with van der Waals surface area (Å²) >= 11 is 6.12. The summed E-state index contributed by atoms with van der Waals surface area (Å²) in [6.07, 6.45) is 0. The van der Waals surface area contributed by atoms with Gasteiger partial charge in [0.15, 0.2) is 5.58 Å². The zero-order valence-corrected chi connectivity index (χ0v) is 12.3. The molecule has 0 radical (unpaired) electrons. The van der Waals surface area contributed by atoms with Crippen LogP contribution in [0.3, 0.4) is 0 Å². The van der Waals surface area contributed by atoms with Crippen LogP contribution in [-0.4, -0.2) is 0 Å². The number of para-hydroxylation sites is 1. The molecular formula is C19H10ClNO. The molecule has 0 unspecified atom stereocenters. The second-order valence-electron chi connectivity index (χ2n) is 5.09. The predicted octanol–water partition coefficient (Wildman–Crippen LogP) is 5.78. The van der Waals surface area contributed by atoms with E-state index in [4.69, 9.17) is 16.0 Å². The van der Waals surface area contributed by atoms with Crippen molar-refractivity contribution >= 4 is 33.5 Å². The molecule has 0 fully saturated rings. The van der Waals surface area contributed by atoms with Crippen molar-refractivity contribution in [3.8, 4) is 17.2 Å². The Morgan fingerprint density at radius 1 is 0.864 bits per heavy atom. The fourth-order valence-electron chi connectivity index (χ4n) is 2.79. The van der Waals surface area contributed by atoms with Crippen molar-refractivity contribution in [1.82, 2.24) is 0 Å². The molecule has 4 aromatic rings. The molecule has 0 amide bonds. The molecule has 0 aliphatic heterocycles. The van der Waals surface area contributed by atoms with Crippen LogP contribution in [0, 0.1) is 11.3 Å². The minimum absolute atomic E-state index is 0.456. The van der Waals surface area contributed by atoms with E-state index in [2.05, 4.69) is 6.07 Å². The summed E-state index contributed by atoms with van der Waals surface area (Å²) in [6.45, 7) is 0. The van der Waals surface area contributed by atoms with E-state index in [0.717, 1.165) is 27.5 Å². The average Bonchev–Trinajstić information content (AvgIpc) is 2.93. The van der Waals surface area contributed by atoms with Crippen LogP contribution in [0.25, 0.3) is 33.1 Å². The van der Waals surface area contributed by atoms with Crippen molar-refractivity contribution in [2.45, 2.75) is 0 Å². The lowest BCUT2D eigenvalue weighted by Crippen LogP contribution is -1.77. The van der Waals surface area contributed by atoms with Crippen molar-refractivity contribution in [1.29, 1.82) is 5.26 Å². The standard InChI is InChI=1S/C19H10ClNO/c20-14-9-13(11-21)18-17(10-14)16-8-4-7-15(19(16)22-18)12-5-2-1-3-6-12/h1-10H. The van der Waals surface area contributed by atoms with E-state index in [1.807, 2.05) is 54.6 Å². The van der Waals surface area contributed by atoms with Gasteiger partial charge in [-0.15, -0.1) is 0 Å². The van der Waals surface area contributed by atoms with Crippen LogP contribution >= 0.6 is 11.6 Å². The molecular weight excluding hydrogens is 294 g/mol. The molecule has 3 heteroatoms. The van der Waals surface area contributed by atoms with Crippen LogP contribution in [0.15, 0.2) is 65.1 Å². The van der Waals surface area contributed by atoms with Crippen LogP contribution in [0.1, 0.15) is 5.56 Å². The lowest BCUT2D eigenvalue weighted by molar-refractivity contribution is 0.668. The zero-order valence-electron chi connectivity index (χ0n) is 11.5. The molecule has 4 rings (SSSR count). The van der Waals surface area contributed by atoms with Gasteiger partial charge >= 0.3 is 0 Å². The highest BCUT2D eigenvalue weighted by atomic mass is 35.5. The molecule has 0 aliphatic rings. The number of nitrogens with zero attached hydrogens (tertiary/aromatic N) is 1. The van der Waals surface area contributed by atoms with Gasteiger partial charge in [0.25, 0.3) is 0 Å². The lowest BCUT2D eigenvalue weighted by Gasteiger charge is -2.01. The number of fused-ring (bicyclic) bond motifs is 3. The maximum Gasteiger partial charge on any atom is 0.153 e. The first-order valence-electron chi connectivity index (χ1n) is 6.88. The SMILES string of the molecule is N#Cc1cc(Cl)cc2c1oc1c(-c3ccccc3)cccc12. The number of rotatable bonds is 1. The van der Waals surface area contributed by atoms with Gasteiger partial charge in [-0.3, -0.25) is 0 Å². The molecule has 3 aromatic carbocycles. The Morgan fingerprint density at radius 3 is 2.45 bits per heavy atom. The van der Waals surface area contributed by atoms with Crippen molar-refractivity contribution in [3.63, 3.8) is 0 Å². The molecule has 1 aromatic heterocycles. The summed E-state index contributed by atoms with van der Waals surface area (Å²) in [4.78, 5) is 0. The molecule has 0 saturated heterocycles. The molecule has 0 bridgehead atoms. The maximum atomic E-state index is 9.30. The van der Waals surface area contributed by atoms with Gasteiger partial charge in [-0.05, 0) is 17.7 Å². The largest absolute Gasteiger partial charge is 0.454 e. The topological polar surface area (TPSA) is 36.9 Å². The fourth-order valence-corrected chi connectivity index (χ4v) is 3.01. The smallest absolute Gasteiger partial charge is 0.153 e. The number of hydrogen-bond acceptors (Lipinski definition) is 2. The predicted molar refractivity (Wildman–Crippen MR) is 88.9 cm³/mol. The Labute approximate surface area is 132 Å². The second-order valence-corrected chi connectivity index (χ2v) is 5.53. The summed E-state index contributed by atoms with van der Waals surface area (Å²) in [5, 5.41) is 11.7. The highest BCUT2D eigenvalue weighted by Gasteiger charge is 2.15. The van der Waals surface area contributed by atoms with Crippen LogP contribution < -0.4 is 0 Å². The number of nitriles is 1. The van der Waals surface area contributed by atoms with E-state index in [1.54, 1.807) is 6.07 Å². The Balaban J connectivity index is 2.15. The summed E-state index contributed by atoms with van der Waals surface area (Å²) in [7, 11) is 0. The quantitative estimate of drug-likeness (QED) is 0.447. The van der Waals surface area contributed by atoms with Gasteiger partial charge < -0.3 is 4.42 Å². The first-order chi connectivity index (χ1) is 10.8. The van der Waals surface area contributed by atoms with Gasteiger partial charge in [-0.1, -0.05) is 60.1 Å². The number of halogens is 1. The Kier molecular flexibility index (Phi) is 2.89. The van der Waals surface area contributed by atoms with E-state index >= 15 is 0 Å². The second kappa shape index (κ2) is 4.91. The van der Waals surface area contributed by atoms with Crippen LogP contribution in [0.2, 0.25) is 5.02 Å². The van der Waals surface area contributed by atoms with Crippen LogP contribution in [-0.2, 0) is 0 Å². The first-order valence-corrected chi connectivity index (χ1v) is 7.26. The molecule has 1 heterocycles. The molecule has 104 valence electrons. The van der Waals surface area contributed by atoms with Gasteiger partial charge in [0, 0.05) is 21.4 Å². The van der Waals surface area contributed by atoms with Gasteiger partial charge in [-0.25, -0.2) is 0 Å². The van der Waals surface area contributed by atoms with E-state index in [1.165, 1.54) is 0 Å². The normalized spacial score (nSPS) is 10.9. The number of furan rings is 1. The summed E-state index contributed by atoms with van der Waals surface area (Å²) in [6, 6.07) is 21.7. The van der Waals surface area contributed by atoms with E-state index in [9.17, 15) is 5.26 Å².